The van der Waals surface area contributed by atoms with E-state index in [0.29, 0.717) is 18.8 Å². The smallest absolute Gasteiger partial charge is 0.193 e. The Balaban J connectivity index is 1.74. The van der Waals surface area contributed by atoms with Gasteiger partial charge in [0.1, 0.15) is 5.69 Å². The average Bonchev–Trinajstić information content (AvgIpc) is 3.03. The van der Waals surface area contributed by atoms with Crippen molar-refractivity contribution in [3.05, 3.63) is 35.4 Å². The van der Waals surface area contributed by atoms with Gasteiger partial charge in [-0.3, -0.25) is 13.9 Å². The molecule has 8 heteroatoms. The van der Waals surface area contributed by atoms with Crippen LogP contribution in [-0.2, 0) is 13.0 Å². The molecule has 0 fully saturated rings. The van der Waals surface area contributed by atoms with Gasteiger partial charge in [-0.05, 0) is 0 Å². The monoisotopic (exact) mass is 276 g/mol. The first-order valence-electron chi connectivity index (χ1n) is 5.81. The Labute approximate surface area is 112 Å². The van der Waals surface area contributed by atoms with E-state index in [0.717, 1.165) is 10.7 Å². The molecular formula is C11H12N6OS. The van der Waals surface area contributed by atoms with E-state index in [1.165, 1.54) is 11.3 Å². The number of aromatic nitrogens is 5. The van der Waals surface area contributed by atoms with Crippen molar-refractivity contribution in [3.63, 3.8) is 0 Å². The number of fused-ring (bicyclic) bond motifs is 1. The Morgan fingerprint density at radius 3 is 3.11 bits per heavy atom. The molecule has 0 aliphatic heterocycles. The lowest BCUT2D eigenvalue weighted by atomic mass is 10.2. The number of nitrogens with zero attached hydrogens (tertiary/aromatic N) is 5. The summed E-state index contributed by atoms with van der Waals surface area (Å²) >= 11 is 1.54. The summed E-state index contributed by atoms with van der Waals surface area (Å²) < 4.78 is 3.47. The van der Waals surface area contributed by atoms with Crippen molar-refractivity contribution in [1.29, 1.82) is 0 Å². The van der Waals surface area contributed by atoms with Crippen LogP contribution in [0.1, 0.15) is 16.2 Å². The summed E-state index contributed by atoms with van der Waals surface area (Å²) in [5.41, 5.74) is 6.51. The highest BCUT2D eigenvalue weighted by atomic mass is 32.1. The first-order valence-corrected chi connectivity index (χ1v) is 6.68. The minimum absolute atomic E-state index is 0.0889. The number of hydrogen-bond donors (Lipinski definition) is 1. The summed E-state index contributed by atoms with van der Waals surface area (Å²) in [7, 11) is 0. The molecule has 7 nitrogen and oxygen atoms in total. The van der Waals surface area contributed by atoms with E-state index in [1.807, 2.05) is 22.2 Å². The zero-order chi connectivity index (χ0) is 13.2. The third-order valence-electron chi connectivity index (χ3n) is 2.67. The lowest BCUT2D eigenvalue weighted by molar-refractivity contribution is 0.0987. The van der Waals surface area contributed by atoms with Gasteiger partial charge in [0.25, 0.3) is 0 Å². The molecule has 0 bridgehead atoms. The first-order chi connectivity index (χ1) is 9.26. The Hall–Kier alpha value is -2.06. The topological polar surface area (TPSA) is 91.1 Å². The average molecular weight is 276 g/mol. The largest absolute Gasteiger partial charge is 0.329 e. The lowest BCUT2D eigenvalue weighted by Crippen LogP contribution is -2.10. The molecular weight excluding hydrogens is 264 g/mol. The fraction of sp³-hybridized carbons (Fsp3) is 0.273. The van der Waals surface area contributed by atoms with Crippen molar-refractivity contribution in [2.24, 2.45) is 5.73 Å². The van der Waals surface area contributed by atoms with E-state index in [2.05, 4.69) is 15.3 Å². The summed E-state index contributed by atoms with van der Waals surface area (Å²) in [5.74, 6) is -0.0889. The Morgan fingerprint density at radius 2 is 2.32 bits per heavy atom. The number of thiazole rings is 1. The number of Topliss-reactive ketones (excluding diaryl/α,β-unsaturated/α-hetero) is 1. The van der Waals surface area contributed by atoms with Gasteiger partial charge >= 0.3 is 0 Å². The molecule has 19 heavy (non-hydrogen) atoms. The Morgan fingerprint density at radius 1 is 1.42 bits per heavy atom. The minimum atomic E-state index is -0.0889. The second-order valence-corrected chi connectivity index (χ2v) is 4.95. The number of carbonyl (C=O) groups is 1. The molecule has 0 aromatic carbocycles. The third kappa shape index (κ3) is 2.40. The molecule has 0 amide bonds. The highest BCUT2D eigenvalue weighted by molar-refractivity contribution is 7.15. The molecule has 0 saturated carbocycles. The van der Waals surface area contributed by atoms with E-state index in [1.54, 1.807) is 10.9 Å². The number of imidazole rings is 1. The predicted molar refractivity (Wildman–Crippen MR) is 70.2 cm³/mol. The molecule has 0 saturated heterocycles. The van der Waals surface area contributed by atoms with Crippen molar-refractivity contribution < 1.29 is 4.79 Å². The fourth-order valence-corrected chi connectivity index (χ4v) is 2.50. The van der Waals surface area contributed by atoms with Gasteiger partial charge in [-0.1, -0.05) is 5.21 Å². The summed E-state index contributed by atoms with van der Waals surface area (Å²) in [6.45, 7) is 1.02. The zero-order valence-corrected chi connectivity index (χ0v) is 10.9. The highest BCUT2D eigenvalue weighted by Crippen LogP contribution is 2.12. The maximum atomic E-state index is 12.0. The van der Waals surface area contributed by atoms with Crippen molar-refractivity contribution >= 4 is 22.1 Å². The Bertz CT molecular complexity index is 683. The van der Waals surface area contributed by atoms with E-state index in [-0.39, 0.29) is 12.2 Å². The first kappa shape index (κ1) is 12.0. The normalized spacial score (nSPS) is 11.2. The van der Waals surface area contributed by atoms with Crippen LogP contribution in [0.25, 0.3) is 4.96 Å². The van der Waals surface area contributed by atoms with Gasteiger partial charge in [-0.15, -0.1) is 16.4 Å². The minimum Gasteiger partial charge on any atom is -0.329 e. The third-order valence-corrected chi connectivity index (χ3v) is 3.44. The predicted octanol–water partition coefficient (Wildman–Crippen LogP) is 0.371. The Kier molecular flexibility index (Phi) is 3.10. The van der Waals surface area contributed by atoms with Crippen LogP contribution in [0.5, 0.6) is 0 Å². The molecule has 0 radical (unpaired) electrons. The number of ketones is 1. The number of rotatable bonds is 5. The van der Waals surface area contributed by atoms with Crippen LogP contribution in [0.3, 0.4) is 0 Å². The lowest BCUT2D eigenvalue weighted by Gasteiger charge is -1.93. The summed E-state index contributed by atoms with van der Waals surface area (Å²) in [4.78, 5) is 17.3. The maximum absolute atomic E-state index is 12.0. The van der Waals surface area contributed by atoms with Crippen molar-refractivity contribution in [2.45, 2.75) is 13.0 Å². The molecule has 3 rings (SSSR count). The van der Waals surface area contributed by atoms with Gasteiger partial charge in [0.05, 0.1) is 24.9 Å². The summed E-state index contributed by atoms with van der Waals surface area (Å²) in [6.07, 6.45) is 5.62. The molecule has 2 N–H and O–H groups in total. The molecule has 0 aliphatic rings. The van der Waals surface area contributed by atoms with Gasteiger partial charge in [-0.25, -0.2) is 4.98 Å². The molecule has 0 atom stereocenters. The zero-order valence-electron chi connectivity index (χ0n) is 10.1. The SMILES string of the molecule is NCCn1cc(C(=O)Cc2cn3ccsc3n2)nn1. The number of hydrogen-bond acceptors (Lipinski definition) is 6. The van der Waals surface area contributed by atoms with Gasteiger partial charge in [0, 0.05) is 24.3 Å². The summed E-state index contributed by atoms with van der Waals surface area (Å²) in [5, 5.41) is 9.64. The molecule has 0 aliphatic carbocycles. The second kappa shape index (κ2) is 4.90. The van der Waals surface area contributed by atoms with Crippen molar-refractivity contribution in [2.75, 3.05) is 6.54 Å². The van der Waals surface area contributed by atoms with Crippen LogP contribution in [-0.4, -0.2) is 36.7 Å². The molecule has 0 spiro atoms. The maximum Gasteiger partial charge on any atom is 0.193 e. The van der Waals surface area contributed by atoms with Crippen LogP contribution in [0.15, 0.2) is 24.0 Å². The van der Waals surface area contributed by atoms with Crippen molar-refractivity contribution in [3.8, 4) is 0 Å². The highest BCUT2D eigenvalue weighted by Gasteiger charge is 2.14. The summed E-state index contributed by atoms with van der Waals surface area (Å²) in [6, 6.07) is 0. The van der Waals surface area contributed by atoms with Gasteiger partial charge in [0.2, 0.25) is 0 Å². The van der Waals surface area contributed by atoms with Gasteiger partial charge in [-0.2, -0.15) is 0 Å². The van der Waals surface area contributed by atoms with Gasteiger partial charge in [0.15, 0.2) is 10.7 Å². The molecule has 3 aromatic rings. The van der Waals surface area contributed by atoms with Crippen LogP contribution >= 0.6 is 11.3 Å². The van der Waals surface area contributed by atoms with E-state index >= 15 is 0 Å². The van der Waals surface area contributed by atoms with E-state index < -0.39 is 0 Å². The van der Waals surface area contributed by atoms with Gasteiger partial charge < -0.3 is 5.73 Å². The van der Waals surface area contributed by atoms with Crippen molar-refractivity contribution in [1.82, 2.24) is 24.4 Å². The van der Waals surface area contributed by atoms with Crippen LogP contribution < -0.4 is 5.73 Å². The molecule has 98 valence electrons. The molecule has 0 unspecified atom stereocenters. The number of carbonyl (C=O) groups excluding carboxylic acids is 1. The molecule has 3 aromatic heterocycles. The quantitative estimate of drug-likeness (QED) is 0.680. The molecule has 3 heterocycles. The van der Waals surface area contributed by atoms with Crippen LogP contribution in [0.4, 0.5) is 0 Å². The van der Waals surface area contributed by atoms with E-state index in [4.69, 9.17) is 5.73 Å². The standard InChI is InChI=1S/C11H12N6OS/c12-1-2-17-7-9(14-15-17)10(18)5-8-6-16-3-4-19-11(16)13-8/h3-4,6-7H,1-2,5,12H2. The fourth-order valence-electron chi connectivity index (χ4n) is 1.78. The number of nitrogens with two attached hydrogens (primary N) is 1. The van der Waals surface area contributed by atoms with Crippen LogP contribution in [0.2, 0.25) is 0 Å². The van der Waals surface area contributed by atoms with Crippen LogP contribution in [0, 0.1) is 0 Å². The second-order valence-electron chi connectivity index (χ2n) is 4.08. The van der Waals surface area contributed by atoms with E-state index in [9.17, 15) is 4.79 Å².